The highest BCUT2D eigenvalue weighted by molar-refractivity contribution is 5.98. The summed E-state index contributed by atoms with van der Waals surface area (Å²) in [5, 5.41) is 6.40. The third kappa shape index (κ3) is 3.38. The van der Waals surface area contributed by atoms with Gasteiger partial charge in [0.2, 0.25) is 0 Å². The van der Waals surface area contributed by atoms with Crippen LogP contribution in [0, 0.1) is 0 Å². The number of carbonyl (C=O) groups excluding carboxylic acids is 1. The van der Waals surface area contributed by atoms with E-state index < -0.39 is 0 Å². The quantitative estimate of drug-likeness (QED) is 0.723. The molecule has 0 spiro atoms. The van der Waals surface area contributed by atoms with Crippen LogP contribution in [0.25, 0.3) is 5.70 Å². The second-order valence-corrected chi connectivity index (χ2v) is 7.05. The summed E-state index contributed by atoms with van der Waals surface area (Å²) in [7, 11) is 0. The first-order valence-electron chi connectivity index (χ1n) is 9.50. The summed E-state index contributed by atoms with van der Waals surface area (Å²) in [6.45, 7) is 8.24. The first-order valence-corrected chi connectivity index (χ1v) is 9.50. The second kappa shape index (κ2) is 7.84. The fraction of sp³-hybridized carbons (Fsp3) is 0.238. The van der Waals surface area contributed by atoms with Crippen molar-refractivity contribution in [2.24, 2.45) is 4.99 Å². The van der Waals surface area contributed by atoms with E-state index in [2.05, 4.69) is 36.2 Å². The van der Waals surface area contributed by atoms with Crippen molar-refractivity contribution in [2.45, 2.75) is 25.9 Å². The topological polar surface area (TPSA) is 72.4 Å². The molecular weight excluding hydrogens is 368 g/mol. The number of hydrogen-bond acceptors (Lipinski definition) is 7. The summed E-state index contributed by atoms with van der Waals surface area (Å²) in [6.07, 6.45) is 8.57. The molecule has 3 aliphatic heterocycles. The van der Waals surface area contributed by atoms with Crippen molar-refractivity contribution in [1.29, 1.82) is 0 Å². The van der Waals surface area contributed by atoms with E-state index in [4.69, 9.17) is 9.83 Å². The predicted octanol–water partition coefficient (Wildman–Crippen LogP) is 2.12. The summed E-state index contributed by atoms with van der Waals surface area (Å²) >= 11 is 0. The van der Waals surface area contributed by atoms with Gasteiger partial charge in [0.05, 0.1) is 29.5 Å². The van der Waals surface area contributed by atoms with Gasteiger partial charge in [-0.3, -0.25) is 4.79 Å². The number of hydrazine groups is 2. The van der Waals surface area contributed by atoms with Gasteiger partial charge in [-0.15, -0.1) is 6.58 Å². The molecular formula is C21H24N6O2. The minimum absolute atomic E-state index is 0.162. The smallest absolute Gasteiger partial charge is 0.251 e. The normalized spacial score (nSPS) is 20.2. The summed E-state index contributed by atoms with van der Waals surface area (Å²) in [4.78, 5) is 25.0. The van der Waals surface area contributed by atoms with Crippen LogP contribution >= 0.6 is 0 Å². The SMILES string of the molecule is C=CCNC(=O)C1=CN(N2C=CON2)C(c2ccccc2)=C2N=CN(C(C)C)C12. The number of nitrogens with one attached hydrogen (secondary N) is 2. The molecule has 0 aliphatic carbocycles. The van der Waals surface area contributed by atoms with Crippen LogP contribution in [0.5, 0.6) is 0 Å². The fourth-order valence-corrected chi connectivity index (χ4v) is 3.54. The van der Waals surface area contributed by atoms with Crippen molar-refractivity contribution in [3.05, 3.63) is 78.5 Å². The molecule has 0 radical (unpaired) electrons. The Hall–Kier alpha value is -3.52. The fourth-order valence-electron chi connectivity index (χ4n) is 3.54. The van der Waals surface area contributed by atoms with Crippen molar-refractivity contribution < 1.29 is 9.63 Å². The third-order valence-electron chi connectivity index (χ3n) is 4.88. The van der Waals surface area contributed by atoms with Gasteiger partial charge >= 0.3 is 0 Å². The highest BCUT2D eigenvalue weighted by Gasteiger charge is 2.42. The zero-order chi connectivity index (χ0) is 20.4. The van der Waals surface area contributed by atoms with E-state index in [-0.39, 0.29) is 18.0 Å². The monoisotopic (exact) mass is 392 g/mol. The van der Waals surface area contributed by atoms with Crippen molar-refractivity contribution in [3.63, 3.8) is 0 Å². The van der Waals surface area contributed by atoms with Crippen LogP contribution in [-0.4, -0.2) is 45.9 Å². The number of amides is 1. The van der Waals surface area contributed by atoms with E-state index in [1.54, 1.807) is 17.4 Å². The van der Waals surface area contributed by atoms with Crippen LogP contribution < -0.4 is 10.9 Å². The lowest BCUT2D eigenvalue weighted by Crippen LogP contribution is -2.49. The number of hydrogen-bond donors (Lipinski definition) is 2. The van der Waals surface area contributed by atoms with E-state index in [1.165, 1.54) is 6.26 Å². The van der Waals surface area contributed by atoms with Gasteiger partial charge in [-0.25, -0.2) is 10.0 Å². The third-order valence-corrected chi connectivity index (χ3v) is 4.88. The van der Waals surface area contributed by atoms with Crippen LogP contribution in [0.2, 0.25) is 0 Å². The lowest BCUT2D eigenvalue weighted by atomic mass is 9.95. The zero-order valence-corrected chi connectivity index (χ0v) is 16.4. The summed E-state index contributed by atoms with van der Waals surface area (Å²) in [6, 6.07) is 9.88. The average molecular weight is 392 g/mol. The van der Waals surface area contributed by atoms with E-state index in [9.17, 15) is 4.79 Å². The van der Waals surface area contributed by atoms with Crippen LogP contribution in [-0.2, 0) is 9.63 Å². The Bertz CT molecular complexity index is 918. The minimum atomic E-state index is -0.279. The highest BCUT2D eigenvalue weighted by Crippen LogP contribution is 2.39. The zero-order valence-electron chi connectivity index (χ0n) is 16.4. The van der Waals surface area contributed by atoms with Gasteiger partial charge < -0.3 is 15.1 Å². The Morgan fingerprint density at radius 2 is 2.17 bits per heavy atom. The Kier molecular flexibility index (Phi) is 5.09. The number of rotatable bonds is 6. The van der Waals surface area contributed by atoms with Crippen molar-refractivity contribution in [1.82, 2.24) is 25.9 Å². The van der Waals surface area contributed by atoms with E-state index in [1.807, 2.05) is 47.9 Å². The summed E-state index contributed by atoms with van der Waals surface area (Å²) in [5.41, 5.74) is 6.05. The molecule has 1 atom stereocenters. The number of fused-ring (bicyclic) bond motifs is 1. The molecule has 0 aromatic heterocycles. The second-order valence-electron chi connectivity index (χ2n) is 7.05. The molecule has 1 aromatic carbocycles. The van der Waals surface area contributed by atoms with E-state index >= 15 is 0 Å². The van der Waals surface area contributed by atoms with Crippen LogP contribution in [0.4, 0.5) is 0 Å². The largest absolute Gasteiger partial charge is 0.394 e. The standard InChI is InChI=1S/C21H24N6O2/c1-4-10-22-21(28)17-13-26(27-11-12-29-24-27)19(16-8-6-5-7-9-16)18-20(17)25(14-23-18)15(2)3/h4-9,11-15,20,24H,1,10H2,2-3H3,(H,22,28). The molecule has 1 amide bonds. The Morgan fingerprint density at radius 1 is 1.38 bits per heavy atom. The lowest BCUT2D eigenvalue weighted by molar-refractivity contribution is -0.118. The maximum Gasteiger partial charge on any atom is 0.251 e. The molecule has 1 aromatic rings. The number of carbonyl (C=O) groups is 1. The van der Waals surface area contributed by atoms with Crippen LogP contribution in [0.3, 0.4) is 0 Å². The Labute approximate surface area is 170 Å². The van der Waals surface area contributed by atoms with Crippen molar-refractivity contribution in [2.75, 3.05) is 6.54 Å². The molecule has 0 bridgehead atoms. The Balaban J connectivity index is 1.85. The highest BCUT2D eigenvalue weighted by atomic mass is 16.7. The number of nitrogens with zero attached hydrogens (tertiary/aromatic N) is 4. The van der Waals surface area contributed by atoms with E-state index in [0.717, 1.165) is 17.0 Å². The minimum Gasteiger partial charge on any atom is -0.394 e. The predicted molar refractivity (Wildman–Crippen MR) is 111 cm³/mol. The maximum absolute atomic E-state index is 13.0. The molecule has 8 nitrogen and oxygen atoms in total. The van der Waals surface area contributed by atoms with Crippen LogP contribution in [0.1, 0.15) is 19.4 Å². The molecule has 4 rings (SSSR count). The molecule has 29 heavy (non-hydrogen) atoms. The molecule has 1 unspecified atom stereocenters. The van der Waals surface area contributed by atoms with Gasteiger partial charge in [0.25, 0.3) is 5.91 Å². The maximum atomic E-state index is 13.0. The van der Waals surface area contributed by atoms with Gasteiger partial charge in [0.15, 0.2) is 0 Å². The summed E-state index contributed by atoms with van der Waals surface area (Å²) < 4.78 is 0. The van der Waals surface area contributed by atoms with Crippen LogP contribution in [0.15, 0.2) is 77.9 Å². The average Bonchev–Trinajstić information content (AvgIpc) is 3.41. The molecule has 3 aliphatic rings. The van der Waals surface area contributed by atoms with Gasteiger partial charge in [-0.1, -0.05) is 36.4 Å². The van der Waals surface area contributed by atoms with Gasteiger partial charge in [-0.05, 0) is 19.4 Å². The van der Waals surface area contributed by atoms with Gasteiger partial charge in [0, 0.05) is 24.4 Å². The van der Waals surface area contributed by atoms with E-state index in [0.29, 0.717) is 12.1 Å². The molecule has 0 saturated carbocycles. The number of aliphatic imine (C=N–C) groups is 1. The van der Waals surface area contributed by atoms with Gasteiger partial charge in [0.1, 0.15) is 12.3 Å². The Morgan fingerprint density at radius 3 is 2.83 bits per heavy atom. The first-order chi connectivity index (χ1) is 14.1. The summed E-state index contributed by atoms with van der Waals surface area (Å²) in [5.74, 6) is -0.162. The first kappa shape index (κ1) is 18.8. The van der Waals surface area contributed by atoms with Gasteiger partial charge in [-0.2, -0.15) is 5.12 Å². The molecule has 8 heteroatoms. The molecule has 2 N–H and O–H groups in total. The molecule has 3 heterocycles. The molecule has 0 fully saturated rings. The molecule has 150 valence electrons. The van der Waals surface area contributed by atoms with Crippen molar-refractivity contribution >= 4 is 17.9 Å². The van der Waals surface area contributed by atoms with Crippen molar-refractivity contribution in [3.8, 4) is 0 Å². The molecule has 0 saturated heterocycles. The number of benzene rings is 1. The lowest BCUT2D eigenvalue weighted by Gasteiger charge is -2.39.